The number of carbonyl (C=O) groups excluding carboxylic acids is 2. The van der Waals surface area contributed by atoms with Crippen molar-refractivity contribution in [2.75, 3.05) is 10.8 Å². The SMILES string of the molecule is O=C(OC(C(=O)c1ccccc1)c1ccccc1)c1ccc(Cl)c(S(=O)(=O)N2CCc3ccccc32)c1. The van der Waals surface area contributed by atoms with Gasteiger partial charge in [0.1, 0.15) is 4.90 Å². The molecule has 186 valence electrons. The van der Waals surface area contributed by atoms with Crippen LogP contribution in [0.15, 0.2) is 108 Å². The lowest BCUT2D eigenvalue weighted by molar-refractivity contribution is 0.0280. The Morgan fingerprint density at radius 3 is 2.19 bits per heavy atom. The summed E-state index contributed by atoms with van der Waals surface area (Å²) < 4.78 is 34.1. The summed E-state index contributed by atoms with van der Waals surface area (Å²) in [7, 11) is -4.05. The van der Waals surface area contributed by atoms with E-state index >= 15 is 0 Å². The number of fused-ring (bicyclic) bond motifs is 1. The van der Waals surface area contributed by atoms with Crippen molar-refractivity contribution in [3.63, 3.8) is 0 Å². The van der Waals surface area contributed by atoms with Crippen LogP contribution in [-0.2, 0) is 21.2 Å². The second kappa shape index (κ2) is 10.2. The highest BCUT2D eigenvalue weighted by molar-refractivity contribution is 7.93. The van der Waals surface area contributed by atoms with Crippen molar-refractivity contribution >= 4 is 39.1 Å². The predicted molar refractivity (Wildman–Crippen MR) is 142 cm³/mol. The van der Waals surface area contributed by atoms with Gasteiger partial charge in [0.15, 0.2) is 6.10 Å². The quantitative estimate of drug-likeness (QED) is 0.220. The summed E-state index contributed by atoms with van der Waals surface area (Å²) in [6, 6.07) is 28.4. The molecule has 1 unspecified atom stereocenters. The number of nitrogens with zero attached hydrogens (tertiary/aromatic N) is 1. The van der Waals surface area contributed by atoms with Crippen LogP contribution < -0.4 is 4.31 Å². The molecule has 37 heavy (non-hydrogen) atoms. The standard InChI is InChI=1S/C29H22ClNO5S/c30-24-16-15-23(19-26(24)37(34,35)31-18-17-20-9-7-8-14-25(20)31)29(33)36-28(22-12-5-2-6-13-22)27(32)21-10-3-1-4-11-21/h1-16,19,28H,17-18H2. The van der Waals surface area contributed by atoms with E-state index in [0.717, 1.165) is 5.56 Å². The Bertz CT molecular complexity index is 1570. The minimum atomic E-state index is -4.05. The van der Waals surface area contributed by atoms with Crippen LogP contribution >= 0.6 is 11.6 Å². The van der Waals surface area contributed by atoms with Gasteiger partial charge in [-0.25, -0.2) is 13.2 Å². The Hall–Kier alpha value is -3.94. The normalized spacial score (nSPS) is 13.6. The molecule has 5 rings (SSSR count). The number of hydrogen-bond donors (Lipinski definition) is 0. The molecule has 1 atom stereocenters. The topological polar surface area (TPSA) is 80.8 Å². The monoisotopic (exact) mass is 531 g/mol. The second-order valence-corrected chi connectivity index (χ2v) is 10.8. The number of sulfonamides is 1. The van der Waals surface area contributed by atoms with Gasteiger partial charge in [0.2, 0.25) is 5.78 Å². The maximum Gasteiger partial charge on any atom is 0.339 e. The molecular formula is C29H22ClNO5S. The summed E-state index contributed by atoms with van der Waals surface area (Å²) in [5, 5.41) is -0.0131. The Kier molecular flexibility index (Phi) is 6.82. The zero-order valence-electron chi connectivity index (χ0n) is 19.6. The number of esters is 1. The highest BCUT2D eigenvalue weighted by Gasteiger charge is 2.33. The van der Waals surface area contributed by atoms with Crippen LogP contribution in [0.5, 0.6) is 0 Å². The maximum absolute atomic E-state index is 13.6. The average molecular weight is 532 g/mol. The summed E-state index contributed by atoms with van der Waals surface area (Å²) in [5.41, 5.74) is 2.36. The largest absolute Gasteiger partial charge is 0.445 e. The number of ketones is 1. The van der Waals surface area contributed by atoms with Gasteiger partial charge in [-0.05, 0) is 36.2 Å². The van der Waals surface area contributed by atoms with E-state index in [9.17, 15) is 18.0 Å². The minimum absolute atomic E-state index is 0.0131. The van der Waals surface area contributed by atoms with Crippen LogP contribution in [0.2, 0.25) is 5.02 Å². The molecule has 1 aliphatic rings. The lowest BCUT2D eigenvalue weighted by Crippen LogP contribution is -2.29. The maximum atomic E-state index is 13.6. The van der Waals surface area contributed by atoms with E-state index in [1.807, 2.05) is 12.1 Å². The highest BCUT2D eigenvalue weighted by Crippen LogP contribution is 2.35. The van der Waals surface area contributed by atoms with E-state index < -0.39 is 27.9 Å². The van der Waals surface area contributed by atoms with E-state index in [-0.39, 0.29) is 22.0 Å². The molecule has 0 aromatic heterocycles. The van der Waals surface area contributed by atoms with E-state index in [2.05, 4.69) is 0 Å². The summed E-state index contributed by atoms with van der Waals surface area (Å²) >= 11 is 6.31. The van der Waals surface area contributed by atoms with Crippen molar-refractivity contribution < 1.29 is 22.7 Å². The molecule has 8 heteroatoms. The molecule has 0 N–H and O–H groups in total. The van der Waals surface area contributed by atoms with Crippen molar-refractivity contribution in [1.29, 1.82) is 0 Å². The molecule has 0 bridgehead atoms. The molecule has 0 spiro atoms. The lowest BCUT2D eigenvalue weighted by atomic mass is 10.00. The summed E-state index contributed by atoms with van der Waals surface area (Å²) in [6.45, 7) is 0.272. The first kappa shape index (κ1) is 24.7. The Morgan fingerprint density at radius 2 is 1.46 bits per heavy atom. The van der Waals surface area contributed by atoms with Gasteiger partial charge >= 0.3 is 5.97 Å². The molecule has 0 saturated heterocycles. The number of benzene rings is 4. The van der Waals surface area contributed by atoms with Gasteiger partial charge in [0.25, 0.3) is 10.0 Å². The second-order valence-electron chi connectivity index (χ2n) is 8.53. The fourth-order valence-corrected chi connectivity index (χ4v) is 6.34. The Morgan fingerprint density at radius 1 is 0.811 bits per heavy atom. The van der Waals surface area contributed by atoms with Gasteiger partial charge in [-0.3, -0.25) is 9.10 Å². The zero-order chi connectivity index (χ0) is 26.0. The molecule has 0 amide bonds. The third-order valence-corrected chi connectivity index (χ3v) is 8.50. The minimum Gasteiger partial charge on any atom is -0.445 e. The molecule has 1 aliphatic heterocycles. The molecule has 4 aromatic carbocycles. The Balaban J connectivity index is 1.47. The van der Waals surface area contributed by atoms with E-state index in [1.54, 1.807) is 72.8 Å². The fourth-order valence-electron chi connectivity index (χ4n) is 4.33. The first-order valence-corrected chi connectivity index (χ1v) is 13.4. The summed E-state index contributed by atoms with van der Waals surface area (Å²) in [4.78, 5) is 26.3. The number of ether oxygens (including phenoxy) is 1. The first-order valence-electron chi connectivity index (χ1n) is 11.6. The number of anilines is 1. The van der Waals surface area contributed by atoms with Crippen molar-refractivity contribution in [3.8, 4) is 0 Å². The predicted octanol–water partition coefficient (Wildman–Crippen LogP) is 5.87. The van der Waals surface area contributed by atoms with Crippen molar-refractivity contribution in [2.24, 2.45) is 0 Å². The third-order valence-electron chi connectivity index (χ3n) is 6.20. The van der Waals surface area contributed by atoms with Gasteiger partial charge < -0.3 is 4.74 Å². The molecule has 0 fully saturated rings. The molecule has 1 heterocycles. The van der Waals surface area contributed by atoms with Crippen molar-refractivity contribution in [2.45, 2.75) is 17.4 Å². The number of rotatable bonds is 7. The van der Waals surface area contributed by atoms with E-state index in [4.69, 9.17) is 16.3 Å². The van der Waals surface area contributed by atoms with Crippen LogP contribution in [0.3, 0.4) is 0 Å². The number of carbonyl (C=O) groups is 2. The van der Waals surface area contributed by atoms with Crippen LogP contribution in [0.1, 0.15) is 37.9 Å². The van der Waals surface area contributed by atoms with Gasteiger partial charge in [-0.1, -0.05) is 90.5 Å². The smallest absolute Gasteiger partial charge is 0.339 e. The fraction of sp³-hybridized carbons (Fsp3) is 0.103. The molecule has 0 aliphatic carbocycles. The molecule has 6 nitrogen and oxygen atoms in total. The van der Waals surface area contributed by atoms with Crippen molar-refractivity contribution in [3.05, 3.63) is 130 Å². The molecular weight excluding hydrogens is 510 g/mol. The summed E-state index contributed by atoms with van der Waals surface area (Å²) in [6.07, 6.45) is -0.632. The van der Waals surface area contributed by atoms with E-state index in [0.29, 0.717) is 23.2 Å². The highest BCUT2D eigenvalue weighted by atomic mass is 35.5. The Labute approximate surface area is 220 Å². The van der Waals surface area contributed by atoms with Crippen LogP contribution in [0, 0.1) is 0 Å². The zero-order valence-corrected chi connectivity index (χ0v) is 21.2. The summed E-state index contributed by atoms with van der Waals surface area (Å²) in [5.74, 6) is -1.23. The average Bonchev–Trinajstić information content (AvgIpc) is 3.37. The molecule has 0 radical (unpaired) electrons. The van der Waals surface area contributed by atoms with E-state index in [1.165, 1.54) is 22.5 Å². The van der Waals surface area contributed by atoms with Gasteiger partial charge in [0.05, 0.1) is 16.3 Å². The number of para-hydroxylation sites is 1. The van der Waals surface area contributed by atoms with Crippen molar-refractivity contribution in [1.82, 2.24) is 0 Å². The first-order chi connectivity index (χ1) is 17.9. The lowest BCUT2D eigenvalue weighted by Gasteiger charge is -2.21. The molecule has 4 aromatic rings. The number of Topliss-reactive ketones (excluding diaryl/α,β-unsaturated/α-hetero) is 1. The van der Waals surface area contributed by atoms with Gasteiger partial charge in [-0.2, -0.15) is 0 Å². The third kappa shape index (κ3) is 4.88. The van der Waals surface area contributed by atoms with Crippen LogP contribution in [0.25, 0.3) is 0 Å². The molecule has 0 saturated carbocycles. The van der Waals surface area contributed by atoms with Gasteiger partial charge in [0, 0.05) is 17.7 Å². The number of hydrogen-bond acceptors (Lipinski definition) is 5. The van der Waals surface area contributed by atoms with Crippen LogP contribution in [0.4, 0.5) is 5.69 Å². The number of halogens is 1. The van der Waals surface area contributed by atoms with Gasteiger partial charge in [-0.15, -0.1) is 0 Å². The van der Waals surface area contributed by atoms with Crippen LogP contribution in [-0.4, -0.2) is 26.7 Å².